The van der Waals surface area contributed by atoms with Crippen molar-refractivity contribution in [3.8, 4) is 5.75 Å². The summed E-state index contributed by atoms with van der Waals surface area (Å²) in [5.41, 5.74) is 5.72. The number of carbonyl (C=O) groups excluding carboxylic acids is 1. The maximum absolute atomic E-state index is 11.3. The lowest BCUT2D eigenvalue weighted by molar-refractivity contribution is -0.145. The van der Waals surface area contributed by atoms with Gasteiger partial charge in [-0.3, -0.25) is 4.79 Å². The van der Waals surface area contributed by atoms with Gasteiger partial charge in [0.15, 0.2) is 0 Å². The average molecular weight is 251 g/mol. The Hall–Kier alpha value is -1.55. The number of ether oxygens (including phenoxy) is 2. The summed E-state index contributed by atoms with van der Waals surface area (Å²) in [5, 5.41) is 0. The number of carbonyl (C=O) groups is 1. The third kappa shape index (κ3) is 4.04. The molecule has 1 heterocycles. The van der Waals surface area contributed by atoms with Gasteiger partial charge >= 0.3 is 5.97 Å². The highest BCUT2D eigenvalue weighted by atomic mass is 16.5. The molecule has 1 atom stereocenters. The normalized spacial score (nSPS) is 16.7. The first-order chi connectivity index (χ1) is 8.79. The van der Waals surface area contributed by atoms with Crippen LogP contribution in [-0.2, 0) is 16.0 Å². The molecule has 2 rings (SSSR count). The van der Waals surface area contributed by atoms with Crippen molar-refractivity contribution in [1.29, 1.82) is 0 Å². The summed E-state index contributed by atoms with van der Waals surface area (Å²) in [5.74, 6) is 0.731. The highest BCUT2D eigenvalue weighted by molar-refractivity contribution is 5.70. The molecule has 1 aliphatic rings. The van der Waals surface area contributed by atoms with E-state index in [0.717, 1.165) is 18.6 Å². The minimum Gasteiger partial charge on any atom is -0.490 e. The van der Waals surface area contributed by atoms with Crippen LogP contribution in [0.1, 0.15) is 25.3 Å². The van der Waals surface area contributed by atoms with E-state index in [-0.39, 0.29) is 12.1 Å². The molecule has 0 amide bonds. The third-order valence-electron chi connectivity index (χ3n) is 2.70. The zero-order chi connectivity index (χ0) is 13.4. The first-order valence-electron chi connectivity index (χ1n) is 6.27. The van der Waals surface area contributed by atoms with Crippen LogP contribution in [0.2, 0.25) is 0 Å². The van der Waals surface area contributed by atoms with Crippen LogP contribution in [0.15, 0.2) is 24.3 Å². The summed E-state index contributed by atoms with van der Waals surface area (Å²) >= 11 is 0. The number of rotatable bonds is 3. The van der Waals surface area contributed by atoms with E-state index < -0.39 is 0 Å². The number of hydrogen-bond donors (Lipinski definition) is 1. The van der Waals surface area contributed by atoms with Gasteiger partial charge in [0.25, 0.3) is 0 Å². The minimum absolute atomic E-state index is 0.0334. The summed E-state index contributed by atoms with van der Waals surface area (Å²) in [6, 6.07) is 7.97. The molecule has 0 saturated carbocycles. The van der Waals surface area contributed by atoms with Gasteiger partial charge in [0, 0.05) is 0 Å². The van der Waals surface area contributed by atoms with E-state index >= 15 is 0 Å². The van der Waals surface area contributed by atoms with Crippen LogP contribution in [0.4, 0.5) is 0 Å². The second-order valence-corrected chi connectivity index (χ2v) is 3.90. The van der Waals surface area contributed by atoms with Crippen LogP contribution in [0.5, 0.6) is 5.75 Å². The molecule has 1 unspecified atom stereocenters. The van der Waals surface area contributed by atoms with E-state index in [9.17, 15) is 4.79 Å². The fraction of sp³-hybridized carbons (Fsp3) is 0.500. The number of hydrogen-bond acceptors (Lipinski definition) is 4. The number of nitrogens with two attached hydrogens (primary N) is 1. The second-order valence-electron chi connectivity index (χ2n) is 3.90. The number of para-hydroxylation sites is 1. The predicted molar refractivity (Wildman–Crippen MR) is 70.5 cm³/mol. The van der Waals surface area contributed by atoms with Crippen LogP contribution in [0.25, 0.3) is 0 Å². The zero-order valence-electron chi connectivity index (χ0n) is 11.0. The van der Waals surface area contributed by atoms with Crippen molar-refractivity contribution in [2.45, 2.75) is 32.3 Å². The fourth-order valence-electron chi connectivity index (χ4n) is 1.93. The van der Waals surface area contributed by atoms with Gasteiger partial charge in [-0.15, -0.1) is 0 Å². The monoisotopic (exact) mass is 251 g/mol. The summed E-state index contributed by atoms with van der Waals surface area (Å²) in [6.45, 7) is 2.25. The third-order valence-corrected chi connectivity index (χ3v) is 2.70. The SMILES string of the molecule is CCOC(=O)CC1CCc2ccccc2O1.CN. The van der Waals surface area contributed by atoms with E-state index in [1.807, 2.05) is 25.1 Å². The van der Waals surface area contributed by atoms with Crippen molar-refractivity contribution in [2.75, 3.05) is 13.7 Å². The molecule has 0 fully saturated rings. The molecule has 4 nitrogen and oxygen atoms in total. The quantitative estimate of drug-likeness (QED) is 0.834. The summed E-state index contributed by atoms with van der Waals surface area (Å²) < 4.78 is 10.7. The number of fused-ring (bicyclic) bond motifs is 1. The van der Waals surface area contributed by atoms with E-state index in [4.69, 9.17) is 9.47 Å². The summed E-state index contributed by atoms with van der Waals surface area (Å²) in [4.78, 5) is 11.3. The molecule has 0 aromatic heterocycles. The Morgan fingerprint density at radius 2 is 2.17 bits per heavy atom. The van der Waals surface area contributed by atoms with Crippen molar-refractivity contribution >= 4 is 5.97 Å². The molecule has 18 heavy (non-hydrogen) atoms. The van der Waals surface area contributed by atoms with Gasteiger partial charge in [0.05, 0.1) is 13.0 Å². The van der Waals surface area contributed by atoms with E-state index in [1.165, 1.54) is 12.6 Å². The summed E-state index contributed by atoms with van der Waals surface area (Å²) in [7, 11) is 1.50. The van der Waals surface area contributed by atoms with Crippen LogP contribution < -0.4 is 10.5 Å². The molecule has 0 bridgehead atoms. The van der Waals surface area contributed by atoms with Crippen molar-refractivity contribution in [3.05, 3.63) is 29.8 Å². The molecule has 4 heteroatoms. The van der Waals surface area contributed by atoms with Crippen molar-refractivity contribution in [1.82, 2.24) is 0 Å². The maximum Gasteiger partial charge on any atom is 0.309 e. The predicted octanol–water partition coefficient (Wildman–Crippen LogP) is 1.91. The molecule has 0 aliphatic carbocycles. The minimum atomic E-state index is -0.174. The van der Waals surface area contributed by atoms with Gasteiger partial charge in [-0.1, -0.05) is 18.2 Å². The van der Waals surface area contributed by atoms with Crippen molar-refractivity contribution in [2.24, 2.45) is 5.73 Å². The van der Waals surface area contributed by atoms with Crippen molar-refractivity contribution in [3.63, 3.8) is 0 Å². The first kappa shape index (κ1) is 14.5. The van der Waals surface area contributed by atoms with Gasteiger partial charge in [-0.2, -0.15) is 0 Å². The Kier molecular flexibility index (Phi) is 6.22. The number of aryl methyl sites for hydroxylation is 1. The Morgan fingerprint density at radius 1 is 1.44 bits per heavy atom. The molecule has 1 aromatic carbocycles. The van der Waals surface area contributed by atoms with Crippen LogP contribution in [0.3, 0.4) is 0 Å². The van der Waals surface area contributed by atoms with E-state index in [2.05, 4.69) is 11.8 Å². The Labute approximate surface area is 108 Å². The molecule has 1 aliphatic heterocycles. The molecule has 0 radical (unpaired) electrons. The Bertz CT molecular complexity index is 379. The van der Waals surface area contributed by atoms with E-state index in [1.54, 1.807) is 0 Å². The Balaban J connectivity index is 0.000000771. The molecule has 2 N–H and O–H groups in total. The molecule has 1 aromatic rings. The van der Waals surface area contributed by atoms with Gasteiger partial charge in [0.2, 0.25) is 0 Å². The largest absolute Gasteiger partial charge is 0.490 e. The standard InChI is InChI=1S/C13H16O3.CH5N/c1-2-15-13(14)9-11-8-7-10-5-3-4-6-12(10)16-11;1-2/h3-6,11H,2,7-9H2,1H3;2H2,1H3. The highest BCUT2D eigenvalue weighted by Crippen LogP contribution is 2.28. The molecular weight excluding hydrogens is 230 g/mol. The van der Waals surface area contributed by atoms with E-state index in [0.29, 0.717) is 13.0 Å². The molecule has 100 valence electrons. The van der Waals surface area contributed by atoms with Gasteiger partial charge in [0.1, 0.15) is 11.9 Å². The van der Waals surface area contributed by atoms with Gasteiger partial charge in [-0.05, 0) is 38.4 Å². The molecule has 0 spiro atoms. The summed E-state index contributed by atoms with van der Waals surface area (Å²) in [6.07, 6.45) is 2.17. The fourth-order valence-corrected chi connectivity index (χ4v) is 1.93. The lowest BCUT2D eigenvalue weighted by Gasteiger charge is -2.25. The van der Waals surface area contributed by atoms with Crippen LogP contribution in [-0.4, -0.2) is 25.7 Å². The molecular formula is C14H21NO3. The van der Waals surface area contributed by atoms with Crippen LogP contribution >= 0.6 is 0 Å². The Morgan fingerprint density at radius 3 is 2.89 bits per heavy atom. The maximum atomic E-state index is 11.3. The lowest BCUT2D eigenvalue weighted by atomic mass is 10.0. The second kappa shape index (κ2) is 7.71. The first-order valence-corrected chi connectivity index (χ1v) is 6.27. The van der Waals surface area contributed by atoms with Gasteiger partial charge in [-0.25, -0.2) is 0 Å². The molecule has 0 saturated heterocycles. The topological polar surface area (TPSA) is 61.5 Å². The van der Waals surface area contributed by atoms with Crippen molar-refractivity contribution < 1.29 is 14.3 Å². The lowest BCUT2D eigenvalue weighted by Crippen LogP contribution is -2.26. The van der Waals surface area contributed by atoms with Crippen LogP contribution in [0, 0.1) is 0 Å². The number of esters is 1. The number of benzene rings is 1. The zero-order valence-corrected chi connectivity index (χ0v) is 11.0. The highest BCUT2D eigenvalue weighted by Gasteiger charge is 2.22. The smallest absolute Gasteiger partial charge is 0.309 e. The van der Waals surface area contributed by atoms with Gasteiger partial charge < -0.3 is 15.2 Å². The average Bonchev–Trinajstić information content (AvgIpc) is 2.41.